The summed E-state index contributed by atoms with van der Waals surface area (Å²) in [6.07, 6.45) is 2.11. The molecule has 1 saturated heterocycles. The van der Waals surface area contributed by atoms with Crippen LogP contribution in [0.15, 0.2) is 51.6 Å². The number of alkyl halides is 2. The molecular formula is C36H38ClF2N9O5. The molecule has 1 fully saturated rings. The number of pyridine rings is 1. The summed E-state index contributed by atoms with van der Waals surface area (Å²) in [5, 5.41) is 17.8. The van der Waals surface area contributed by atoms with Gasteiger partial charge in [-0.05, 0) is 43.5 Å². The molecule has 53 heavy (non-hydrogen) atoms. The average molecular weight is 750 g/mol. The lowest BCUT2D eigenvalue weighted by Crippen LogP contribution is -2.52. The van der Waals surface area contributed by atoms with Gasteiger partial charge in [-0.1, -0.05) is 31.5 Å². The molecule has 14 nitrogen and oxygen atoms in total. The number of dihydropyridines is 1. The number of anilines is 2. The van der Waals surface area contributed by atoms with Crippen LogP contribution in [-0.2, 0) is 46.4 Å². The van der Waals surface area contributed by atoms with E-state index >= 15 is 0 Å². The largest absolute Gasteiger partial charge is 0.506 e. The van der Waals surface area contributed by atoms with Crippen LogP contribution in [0, 0.1) is 0 Å². The van der Waals surface area contributed by atoms with Gasteiger partial charge in [0.2, 0.25) is 11.7 Å². The van der Waals surface area contributed by atoms with E-state index in [0.29, 0.717) is 55.1 Å². The molecule has 2 N–H and O–H groups in total. The van der Waals surface area contributed by atoms with Gasteiger partial charge in [-0.15, -0.1) is 5.10 Å². The van der Waals surface area contributed by atoms with Gasteiger partial charge in [0.05, 0.1) is 35.3 Å². The van der Waals surface area contributed by atoms with Gasteiger partial charge in [0.1, 0.15) is 18.0 Å². The van der Waals surface area contributed by atoms with Gasteiger partial charge < -0.3 is 29.5 Å². The highest BCUT2D eigenvalue weighted by Gasteiger charge is 2.33. The fourth-order valence-corrected chi connectivity index (χ4v) is 7.02. The molecular weight excluding hydrogens is 712 g/mol. The quantitative estimate of drug-likeness (QED) is 0.248. The van der Waals surface area contributed by atoms with Crippen molar-refractivity contribution in [3.63, 3.8) is 0 Å². The fraction of sp³-hybridized carbons (Fsp3) is 0.417. The van der Waals surface area contributed by atoms with Gasteiger partial charge in [-0.3, -0.25) is 24.4 Å². The van der Waals surface area contributed by atoms with Crippen LogP contribution in [0.25, 0.3) is 17.2 Å². The molecule has 0 atom stereocenters. The Kier molecular flexibility index (Phi) is 9.76. The first-order valence-corrected chi connectivity index (χ1v) is 17.8. The third-order valence-electron chi connectivity index (χ3n) is 9.86. The predicted octanol–water partition coefficient (Wildman–Crippen LogP) is 4.66. The number of hydrogen-bond acceptors (Lipinski definition) is 10. The normalized spacial score (nSPS) is 16.3. The first-order chi connectivity index (χ1) is 25.4. The molecule has 4 aromatic rings. The number of benzene rings is 1. The Balaban J connectivity index is 1.24. The van der Waals surface area contributed by atoms with Crippen LogP contribution in [0.2, 0.25) is 5.02 Å². The van der Waals surface area contributed by atoms with Crippen LogP contribution in [-0.4, -0.2) is 84.4 Å². The highest BCUT2D eigenvalue weighted by molar-refractivity contribution is 6.44. The number of aromatic nitrogens is 5. The van der Waals surface area contributed by atoms with Crippen LogP contribution < -0.4 is 15.8 Å². The first-order valence-electron chi connectivity index (χ1n) is 17.4. The number of ether oxygens (including phenoxy) is 1. The zero-order valence-electron chi connectivity index (χ0n) is 29.5. The maximum atomic E-state index is 14.3. The van der Waals surface area contributed by atoms with E-state index in [-0.39, 0.29) is 78.0 Å². The van der Waals surface area contributed by atoms with Gasteiger partial charge in [0.25, 0.3) is 17.4 Å². The third-order valence-corrected chi connectivity index (χ3v) is 10.2. The predicted molar refractivity (Wildman–Crippen MR) is 194 cm³/mol. The molecule has 0 spiro atoms. The molecule has 0 radical (unpaired) electrons. The van der Waals surface area contributed by atoms with Gasteiger partial charge >= 0.3 is 0 Å². The van der Waals surface area contributed by atoms with E-state index < -0.39 is 23.8 Å². The number of nitrogens with zero attached hydrogens (tertiary/aromatic N) is 8. The number of nitrogens with one attached hydrogen (secondary N) is 1. The summed E-state index contributed by atoms with van der Waals surface area (Å²) in [6.45, 7) is 6.95. The number of aliphatic hydroxyl groups is 1. The smallest absolute Gasteiger partial charge is 0.299 e. The Morgan fingerprint density at radius 3 is 2.60 bits per heavy atom. The lowest BCUT2D eigenvalue weighted by Gasteiger charge is -2.37. The number of halogens is 3. The summed E-state index contributed by atoms with van der Waals surface area (Å²) >= 11 is 6.35. The second-order valence-corrected chi connectivity index (χ2v) is 13.6. The van der Waals surface area contributed by atoms with Gasteiger partial charge in [0, 0.05) is 62.0 Å². The van der Waals surface area contributed by atoms with E-state index in [2.05, 4.69) is 20.4 Å². The zero-order valence-corrected chi connectivity index (χ0v) is 30.2. The Labute approximate surface area is 307 Å². The van der Waals surface area contributed by atoms with Crippen molar-refractivity contribution in [1.29, 1.82) is 0 Å². The second kappa shape index (κ2) is 14.3. The van der Waals surface area contributed by atoms with E-state index in [1.807, 2.05) is 17.9 Å². The minimum Gasteiger partial charge on any atom is -0.506 e. The third kappa shape index (κ3) is 6.76. The summed E-state index contributed by atoms with van der Waals surface area (Å²) in [5.74, 6) is -3.74. The van der Waals surface area contributed by atoms with Crippen molar-refractivity contribution in [3.8, 4) is 11.4 Å². The number of aliphatic hydroxyl groups excluding tert-OH is 1. The van der Waals surface area contributed by atoms with Crippen molar-refractivity contribution in [2.24, 2.45) is 4.99 Å². The maximum Gasteiger partial charge on any atom is 0.299 e. The average Bonchev–Trinajstić information content (AvgIpc) is 3.82. The second-order valence-electron chi connectivity index (χ2n) is 13.2. The number of rotatable bonds is 9. The molecule has 0 bridgehead atoms. The SMILES string of the molecule is CCc1c(N2CCN(C(=O)C3=NCCC(C)=C3O)CC2)c(=O)n2nc(-c3cnc4c(c3)COC4)nc2n1CC(=O)Nc1ccc(C(F)(F)CC)cc1Cl. The van der Waals surface area contributed by atoms with Crippen molar-refractivity contribution in [3.05, 3.63) is 79.7 Å². The van der Waals surface area contributed by atoms with Crippen molar-refractivity contribution in [1.82, 2.24) is 29.0 Å². The number of carbonyl (C=O) groups is 2. The van der Waals surface area contributed by atoms with Crippen molar-refractivity contribution < 1.29 is 28.2 Å². The Hall–Kier alpha value is -5.22. The van der Waals surface area contributed by atoms with E-state index in [1.165, 1.54) is 19.1 Å². The van der Waals surface area contributed by atoms with Crippen LogP contribution in [0.1, 0.15) is 56.1 Å². The van der Waals surface area contributed by atoms with Crippen LogP contribution in [0.5, 0.6) is 0 Å². The van der Waals surface area contributed by atoms with Crippen LogP contribution in [0.3, 0.4) is 0 Å². The number of fused-ring (bicyclic) bond motifs is 2. The Morgan fingerprint density at radius 1 is 1.11 bits per heavy atom. The monoisotopic (exact) mass is 749 g/mol. The zero-order chi connectivity index (χ0) is 37.6. The molecule has 0 unspecified atom stereocenters. The number of carbonyl (C=O) groups excluding carboxylic acids is 2. The fourth-order valence-electron chi connectivity index (χ4n) is 6.79. The maximum absolute atomic E-state index is 14.3. The Bertz CT molecular complexity index is 2260. The summed E-state index contributed by atoms with van der Waals surface area (Å²) < 4.78 is 36.9. The molecule has 7 rings (SSSR count). The molecule has 6 heterocycles. The summed E-state index contributed by atoms with van der Waals surface area (Å²) in [7, 11) is 0. The lowest BCUT2D eigenvalue weighted by molar-refractivity contribution is -0.124. The minimum atomic E-state index is -3.08. The molecule has 0 saturated carbocycles. The standard InChI is InChI=1S/C36H38ClF2N9O5/c1-4-27-30(45-10-12-46(13-11-45)33(51)29-31(50)20(3)8-9-40-29)34(52)48-35(43-32(44-48)21-14-22-18-53-19-26(22)41-16-21)47(27)17-28(49)42-25-7-6-23(15-24(25)37)36(38,39)5-2/h6-7,14-16,50H,4-5,8-13,17-19H2,1-3H3,(H,42,49). The van der Waals surface area contributed by atoms with E-state index in [4.69, 9.17) is 21.3 Å². The van der Waals surface area contributed by atoms with Crippen molar-refractivity contribution in [2.75, 3.05) is 42.9 Å². The van der Waals surface area contributed by atoms with Gasteiger partial charge in [-0.25, -0.2) is 8.78 Å². The molecule has 0 aliphatic carbocycles. The van der Waals surface area contributed by atoms with Crippen molar-refractivity contribution in [2.45, 2.75) is 65.7 Å². The minimum absolute atomic E-state index is 0.0443. The number of hydrogen-bond donors (Lipinski definition) is 2. The molecule has 3 aliphatic rings. The van der Waals surface area contributed by atoms with Crippen LogP contribution >= 0.6 is 11.6 Å². The summed E-state index contributed by atoms with van der Waals surface area (Å²) in [6, 6.07) is 5.56. The number of aliphatic imine (C=N–C) groups is 1. The van der Waals surface area contributed by atoms with Crippen LogP contribution in [0.4, 0.5) is 20.2 Å². The number of piperazine rings is 1. The van der Waals surface area contributed by atoms with Gasteiger partial charge in [0.15, 0.2) is 11.5 Å². The molecule has 278 valence electrons. The highest BCUT2D eigenvalue weighted by atomic mass is 35.5. The molecule has 3 aliphatic heterocycles. The molecule has 3 aromatic heterocycles. The molecule has 1 aromatic carbocycles. The van der Waals surface area contributed by atoms with E-state index in [0.717, 1.165) is 21.8 Å². The summed E-state index contributed by atoms with van der Waals surface area (Å²) in [5.41, 5.74) is 3.26. The first kappa shape index (κ1) is 36.2. The van der Waals surface area contributed by atoms with Gasteiger partial charge in [-0.2, -0.15) is 9.50 Å². The topological polar surface area (TPSA) is 160 Å². The molecule has 2 amide bonds. The van der Waals surface area contributed by atoms with E-state index in [1.54, 1.807) is 22.6 Å². The molecule has 17 heteroatoms. The number of amides is 2. The lowest BCUT2D eigenvalue weighted by atomic mass is 10.1. The highest BCUT2D eigenvalue weighted by Crippen LogP contribution is 2.35. The summed E-state index contributed by atoms with van der Waals surface area (Å²) in [4.78, 5) is 58.3. The van der Waals surface area contributed by atoms with E-state index in [9.17, 15) is 28.3 Å². The Morgan fingerprint density at radius 2 is 1.89 bits per heavy atom. The van der Waals surface area contributed by atoms with Crippen molar-refractivity contribution >= 4 is 46.3 Å².